The summed E-state index contributed by atoms with van der Waals surface area (Å²) in [6, 6.07) is 12.4. The van der Waals surface area contributed by atoms with Crippen molar-refractivity contribution in [2.24, 2.45) is 5.73 Å². The summed E-state index contributed by atoms with van der Waals surface area (Å²) < 4.78 is 2.15. The molecule has 2 heterocycles. The number of carbonyl (C=O) groups excluding carboxylic acids is 1. The van der Waals surface area contributed by atoms with Crippen LogP contribution >= 0.6 is 12.4 Å². The van der Waals surface area contributed by atoms with Crippen LogP contribution in [0.25, 0.3) is 5.69 Å². The molecule has 0 spiro atoms. The molecule has 1 atom stereocenters. The zero-order chi connectivity index (χ0) is 16.4. The predicted octanol–water partition coefficient (Wildman–Crippen LogP) is 3.47. The van der Waals surface area contributed by atoms with Crippen molar-refractivity contribution in [1.82, 2.24) is 9.47 Å². The van der Waals surface area contributed by atoms with Crippen LogP contribution in [0.2, 0.25) is 0 Å². The molecule has 0 radical (unpaired) electrons. The fraction of sp³-hybridized carbons (Fsp3) is 0.421. The summed E-state index contributed by atoms with van der Waals surface area (Å²) in [4.78, 5) is 15.0. The van der Waals surface area contributed by atoms with E-state index in [1.165, 1.54) is 0 Å². The molecule has 4 nitrogen and oxygen atoms in total. The van der Waals surface area contributed by atoms with Gasteiger partial charge in [-0.15, -0.1) is 12.4 Å². The van der Waals surface area contributed by atoms with Crippen molar-refractivity contribution < 1.29 is 4.79 Å². The molecule has 1 aliphatic rings. The zero-order valence-electron chi connectivity index (χ0n) is 14.4. The molecule has 0 aliphatic carbocycles. The maximum absolute atomic E-state index is 13.0. The van der Waals surface area contributed by atoms with Crippen molar-refractivity contribution in [2.75, 3.05) is 13.1 Å². The molecule has 2 aromatic rings. The molecular formula is C19H26ClN3O. The molecule has 1 saturated heterocycles. The maximum Gasteiger partial charge on any atom is 0.255 e. The van der Waals surface area contributed by atoms with E-state index in [1.54, 1.807) is 0 Å². The Morgan fingerprint density at radius 1 is 1.21 bits per heavy atom. The van der Waals surface area contributed by atoms with Gasteiger partial charge in [-0.2, -0.15) is 0 Å². The number of aromatic nitrogens is 1. The van der Waals surface area contributed by atoms with E-state index in [0.717, 1.165) is 48.4 Å². The van der Waals surface area contributed by atoms with Gasteiger partial charge in [0.2, 0.25) is 0 Å². The molecule has 1 unspecified atom stereocenters. The van der Waals surface area contributed by atoms with Crippen LogP contribution in [0.15, 0.2) is 36.4 Å². The highest BCUT2D eigenvalue weighted by Crippen LogP contribution is 2.25. The van der Waals surface area contributed by atoms with Gasteiger partial charge in [0.1, 0.15) is 0 Å². The number of halogens is 1. The summed E-state index contributed by atoms with van der Waals surface area (Å²) in [6.07, 6.45) is 3.24. The number of benzene rings is 1. The monoisotopic (exact) mass is 347 g/mol. The van der Waals surface area contributed by atoms with Crippen molar-refractivity contribution in [1.29, 1.82) is 0 Å². The molecule has 130 valence electrons. The number of aryl methyl sites for hydroxylation is 1. The van der Waals surface area contributed by atoms with E-state index in [0.29, 0.717) is 6.54 Å². The number of hydrogen-bond acceptors (Lipinski definition) is 2. The molecule has 5 heteroatoms. The molecule has 0 saturated carbocycles. The third-order valence-corrected chi connectivity index (χ3v) is 4.84. The third kappa shape index (κ3) is 3.35. The lowest BCUT2D eigenvalue weighted by molar-refractivity contribution is 0.0622. The molecule has 1 amide bonds. The average Bonchev–Trinajstić information content (AvgIpc) is 2.89. The zero-order valence-corrected chi connectivity index (χ0v) is 15.2. The lowest BCUT2D eigenvalue weighted by Gasteiger charge is -2.35. The van der Waals surface area contributed by atoms with Crippen LogP contribution in [0.1, 0.15) is 41.0 Å². The van der Waals surface area contributed by atoms with Crippen LogP contribution in [0, 0.1) is 13.8 Å². The fourth-order valence-corrected chi connectivity index (χ4v) is 3.62. The lowest BCUT2D eigenvalue weighted by Crippen LogP contribution is -2.47. The standard InChI is InChI=1S/C19H25N3O.ClH/c1-14-12-18(15(2)22(14)16-8-4-3-5-9-16)19(23)21-11-7-6-10-17(21)13-20;/h3-5,8-9,12,17H,6-7,10-11,13,20H2,1-2H3;1H. The summed E-state index contributed by atoms with van der Waals surface area (Å²) in [5.74, 6) is 0.121. The van der Waals surface area contributed by atoms with Crippen molar-refractivity contribution in [3.63, 3.8) is 0 Å². The Labute approximate surface area is 150 Å². The Balaban J connectivity index is 0.00000208. The van der Waals surface area contributed by atoms with Crippen molar-refractivity contribution in [3.05, 3.63) is 53.3 Å². The number of piperidine rings is 1. The first-order valence-corrected chi connectivity index (χ1v) is 8.39. The number of nitrogens with zero attached hydrogens (tertiary/aromatic N) is 2. The number of para-hydroxylation sites is 1. The molecule has 1 aliphatic heterocycles. The lowest BCUT2D eigenvalue weighted by atomic mass is 10.0. The number of hydrogen-bond donors (Lipinski definition) is 1. The van der Waals surface area contributed by atoms with E-state index < -0.39 is 0 Å². The number of amides is 1. The largest absolute Gasteiger partial charge is 0.334 e. The number of rotatable bonds is 3. The topological polar surface area (TPSA) is 51.3 Å². The summed E-state index contributed by atoms with van der Waals surface area (Å²) in [5.41, 5.74) is 9.85. The van der Waals surface area contributed by atoms with Crippen molar-refractivity contribution >= 4 is 18.3 Å². The van der Waals surface area contributed by atoms with E-state index in [2.05, 4.69) is 16.7 Å². The van der Waals surface area contributed by atoms with E-state index in [-0.39, 0.29) is 24.4 Å². The van der Waals surface area contributed by atoms with Gasteiger partial charge in [-0.1, -0.05) is 18.2 Å². The minimum Gasteiger partial charge on any atom is -0.334 e. The Bertz CT molecular complexity index is 696. The molecular weight excluding hydrogens is 322 g/mol. The Morgan fingerprint density at radius 2 is 1.92 bits per heavy atom. The molecule has 1 aromatic heterocycles. The van der Waals surface area contributed by atoms with Gasteiger partial charge in [-0.3, -0.25) is 4.79 Å². The highest BCUT2D eigenvalue weighted by Gasteiger charge is 2.28. The van der Waals surface area contributed by atoms with Gasteiger partial charge >= 0.3 is 0 Å². The molecule has 2 N–H and O–H groups in total. The Morgan fingerprint density at radius 3 is 2.58 bits per heavy atom. The highest BCUT2D eigenvalue weighted by molar-refractivity contribution is 5.96. The van der Waals surface area contributed by atoms with Gasteiger partial charge in [0.05, 0.1) is 5.56 Å². The second-order valence-electron chi connectivity index (χ2n) is 6.34. The van der Waals surface area contributed by atoms with Crippen LogP contribution in [0.3, 0.4) is 0 Å². The Kier molecular flexibility index (Phi) is 6.08. The maximum atomic E-state index is 13.0. The molecule has 24 heavy (non-hydrogen) atoms. The molecule has 1 fully saturated rings. The van der Waals surface area contributed by atoms with Gasteiger partial charge in [-0.25, -0.2) is 0 Å². The summed E-state index contributed by atoms with van der Waals surface area (Å²) >= 11 is 0. The minimum absolute atomic E-state index is 0. The third-order valence-electron chi connectivity index (χ3n) is 4.84. The van der Waals surface area contributed by atoms with Gasteiger partial charge in [0.15, 0.2) is 0 Å². The average molecular weight is 348 g/mol. The van der Waals surface area contributed by atoms with Gasteiger partial charge < -0.3 is 15.2 Å². The van der Waals surface area contributed by atoms with Gasteiger partial charge in [0.25, 0.3) is 5.91 Å². The van der Waals surface area contributed by atoms with Gasteiger partial charge in [0, 0.05) is 36.2 Å². The number of carbonyl (C=O) groups is 1. The first kappa shape index (κ1) is 18.6. The quantitative estimate of drug-likeness (QED) is 0.924. The van der Waals surface area contributed by atoms with Crippen LogP contribution in [0.4, 0.5) is 0 Å². The minimum atomic E-state index is 0. The van der Waals surface area contributed by atoms with Crippen LogP contribution in [-0.2, 0) is 0 Å². The molecule has 1 aromatic carbocycles. The van der Waals surface area contributed by atoms with E-state index in [4.69, 9.17) is 5.73 Å². The van der Waals surface area contributed by atoms with Crippen LogP contribution in [0.5, 0.6) is 0 Å². The first-order valence-electron chi connectivity index (χ1n) is 8.39. The van der Waals surface area contributed by atoms with E-state index >= 15 is 0 Å². The van der Waals surface area contributed by atoms with Gasteiger partial charge in [-0.05, 0) is 51.3 Å². The molecule has 0 bridgehead atoms. The predicted molar refractivity (Wildman–Crippen MR) is 100 cm³/mol. The number of nitrogens with two attached hydrogens (primary N) is 1. The van der Waals surface area contributed by atoms with Crippen molar-refractivity contribution in [3.8, 4) is 5.69 Å². The summed E-state index contributed by atoms with van der Waals surface area (Å²) in [5, 5.41) is 0. The van der Waals surface area contributed by atoms with Crippen LogP contribution in [-0.4, -0.2) is 34.5 Å². The SMILES string of the molecule is Cc1cc(C(=O)N2CCCCC2CN)c(C)n1-c1ccccc1.Cl. The molecule has 3 rings (SSSR count). The van der Waals surface area contributed by atoms with Crippen molar-refractivity contribution in [2.45, 2.75) is 39.2 Å². The van der Waals surface area contributed by atoms with Crippen LogP contribution < -0.4 is 5.73 Å². The smallest absolute Gasteiger partial charge is 0.255 e. The van der Waals surface area contributed by atoms with E-state index in [9.17, 15) is 4.79 Å². The Hall–Kier alpha value is -1.78. The van der Waals surface area contributed by atoms with E-state index in [1.807, 2.05) is 43.0 Å². The first-order chi connectivity index (χ1) is 11.1. The second-order valence-corrected chi connectivity index (χ2v) is 6.34. The summed E-state index contributed by atoms with van der Waals surface area (Å²) in [7, 11) is 0. The second kappa shape index (κ2) is 7.86. The number of likely N-dealkylation sites (tertiary alicyclic amines) is 1. The normalized spacial score (nSPS) is 17.5. The fourth-order valence-electron chi connectivity index (χ4n) is 3.62. The summed E-state index contributed by atoms with van der Waals surface area (Å²) in [6.45, 7) is 5.43. The highest BCUT2D eigenvalue weighted by atomic mass is 35.5.